The number of carbonyl (C=O) groups is 1. The van der Waals surface area contributed by atoms with Gasteiger partial charge in [0.25, 0.3) is 5.91 Å². The molecule has 3 rings (SSSR count). The Labute approximate surface area is 127 Å². The summed E-state index contributed by atoms with van der Waals surface area (Å²) in [5.74, 6) is 0.843. The fourth-order valence-corrected chi connectivity index (χ4v) is 3.26. The quantitative estimate of drug-likeness (QED) is 0.945. The number of hydrogen-bond acceptors (Lipinski definition) is 5. The van der Waals surface area contributed by atoms with Crippen LogP contribution in [-0.4, -0.2) is 35.0 Å². The lowest BCUT2D eigenvalue weighted by molar-refractivity contribution is 0.0776. The van der Waals surface area contributed by atoms with E-state index in [1.807, 2.05) is 42.2 Å². The first kappa shape index (κ1) is 13.9. The number of para-hydroxylation sites is 1. The number of ether oxygens (including phenoxy) is 1. The molecule has 2 N–H and O–H groups in total. The lowest BCUT2D eigenvalue weighted by Gasteiger charge is -2.16. The van der Waals surface area contributed by atoms with Crippen LogP contribution >= 0.6 is 11.3 Å². The number of aryl methyl sites for hydroxylation is 1. The minimum atomic E-state index is 0.000798. The lowest BCUT2D eigenvalue weighted by atomic mass is 10.3. The molecule has 1 amide bonds. The molecular weight excluding hydrogens is 286 g/mol. The van der Waals surface area contributed by atoms with Crippen molar-refractivity contribution in [3.8, 4) is 5.75 Å². The second-order valence-corrected chi connectivity index (χ2v) is 6.09. The Morgan fingerprint density at radius 1 is 1.43 bits per heavy atom. The predicted molar refractivity (Wildman–Crippen MR) is 82.6 cm³/mol. The van der Waals surface area contributed by atoms with E-state index in [2.05, 4.69) is 4.98 Å². The molecule has 0 saturated carbocycles. The van der Waals surface area contributed by atoms with Crippen molar-refractivity contribution in [2.24, 2.45) is 0 Å². The van der Waals surface area contributed by atoms with Gasteiger partial charge in [-0.1, -0.05) is 29.5 Å². The van der Waals surface area contributed by atoms with Gasteiger partial charge in [0.2, 0.25) is 0 Å². The van der Waals surface area contributed by atoms with E-state index in [9.17, 15) is 4.79 Å². The van der Waals surface area contributed by atoms with Gasteiger partial charge in [-0.05, 0) is 19.1 Å². The molecule has 0 unspecified atom stereocenters. The second-order valence-electron chi connectivity index (χ2n) is 5.06. The zero-order valence-corrected chi connectivity index (χ0v) is 12.6. The number of hydrogen-bond donors (Lipinski definition) is 1. The zero-order valence-electron chi connectivity index (χ0n) is 11.8. The molecule has 110 valence electrons. The van der Waals surface area contributed by atoms with Gasteiger partial charge in [-0.3, -0.25) is 4.79 Å². The summed E-state index contributed by atoms with van der Waals surface area (Å²) in [5, 5.41) is 0.437. The van der Waals surface area contributed by atoms with Crippen molar-refractivity contribution in [1.29, 1.82) is 0 Å². The summed E-state index contributed by atoms with van der Waals surface area (Å²) >= 11 is 1.25. The number of aromatic nitrogens is 1. The second kappa shape index (κ2) is 5.73. The normalized spacial score (nSPS) is 18.0. The Hall–Kier alpha value is -2.08. The molecule has 1 fully saturated rings. The topological polar surface area (TPSA) is 68.5 Å². The van der Waals surface area contributed by atoms with Crippen LogP contribution in [0.15, 0.2) is 30.3 Å². The Balaban J connectivity index is 1.64. The fraction of sp³-hybridized carbons (Fsp3) is 0.333. The number of amides is 1. The molecule has 1 aromatic carbocycles. The number of nitrogens with two attached hydrogens (primary N) is 1. The molecule has 1 saturated heterocycles. The standard InChI is InChI=1S/C15H17N3O2S/c1-10-13(21-15(16)17-10)14(19)18-8-7-12(9-18)20-11-5-3-2-4-6-11/h2-6,12H,7-9H2,1H3,(H2,16,17)/t12-/m0/s1. The summed E-state index contributed by atoms with van der Waals surface area (Å²) in [6.07, 6.45) is 0.885. The Morgan fingerprint density at radius 3 is 2.86 bits per heavy atom. The number of anilines is 1. The molecule has 0 spiro atoms. The third-order valence-corrected chi connectivity index (χ3v) is 4.46. The molecule has 21 heavy (non-hydrogen) atoms. The summed E-state index contributed by atoms with van der Waals surface area (Å²) in [6.45, 7) is 3.12. The van der Waals surface area contributed by atoms with Crippen LogP contribution in [0.2, 0.25) is 0 Å². The SMILES string of the molecule is Cc1nc(N)sc1C(=O)N1CC[C@H](Oc2ccccc2)C1. The van der Waals surface area contributed by atoms with Crippen LogP contribution in [0.4, 0.5) is 5.13 Å². The van der Waals surface area contributed by atoms with Gasteiger partial charge < -0.3 is 15.4 Å². The highest BCUT2D eigenvalue weighted by atomic mass is 32.1. The average Bonchev–Trinajstić information content (AvgIpc) is 3.06. The first-order chi connectivity index (χ1) is 10.1. The Morgan fingerprint density at radius 2 is 2.19 bits per heavy atom. The van der Waals surface area contributed by atoms with Crippen molar-refractivity contribution < 1.29 is 9.53 Å². The van der Waals surface area contributed by atoms with Crippen LogP contribution in [0.5, 0.6) is 5.75 Å². The Bertz CT molecular complexity index is 642. The molecule has 0 aliphatic carbocycles. The zero-order chi connectivity index (χ0) is 14.8. The lowest BCUT2D eigenvalue weighted by Crippen LogP contribution is -2.30. The van der Waals surface area contributed by atoms with Gasteiger partial charge in [0.05, 0.1) is 12.2 Å². The number of thiazole rings is 1. The van der Waals surface area contributed by atoms with Crippen LogP contribution in [0.3, 0.4) is 0 Å². The van der Waals surface area contributed by atoms with Crippen LogP contribution < -0.4 is 10.5 Å². The average molecular weight is 303 g/mol. The molecule has 1 aromatic heterocycles. The number of nitrogens with zero attached hydrogens (tertiary/aromatic N) is 2. The maximum Gasteiger partial charge on any atom is 0.266 e. The van der Waals surface area contributed by atoms with Crippen molar-refractivity contribution >= 4 is 22.4 Å². The number of rotatable bonds is 3. The monoisotopic (exact) mass is 303 g/mol. The van der Waals surface area contributed by atoms with Crippen LogP contribution in [0, 0.1) is 6.92 Å². The summed E-state index contributed by atoms with van der Waals surface area (Å²) in [4.78, 5) is 19.0. The van der Waals surface area contributed by atoms with Crippen molar-refractivity contribution in [3.05, 3.63) is 40.9 Å². The number of benzene rings is 1. The number of carbonyl (C=O) groups excluding carboxylic acids is 1. The third kappa shape index (κ3) is 3.00. The first-order valence-electron chi connectivity index (χ1n) is 6.87. The van der Waals surface area contributed by atoms with E-state index in [4.69, 9.17) is 10.5 Å². The van der Waals surface area contributed by atoms with Gasteiger partial charge in [0, 0.05) is 13.0 Å². The minimum absolute atomic E-state index is 0.000798. The summed E-state index contributed by atoms with van der Waals surface area (Å²) < 4.78 is 5.90. The van der Waals surface area contributed by atoms with E-state index < -0.39 is 0 Å². The van der Waals surface area contributed by atoms with Crippen LogP contribution in [0.25, 0.3) is 0 Å². The number of nitrogen functional groups attached to an aromatic ring is 1. The summed E-state index contributed by atoms with van der Waals surface area (Å²) in [7, 11) is 0. The van der Waals surface area contributed by atoms with E-state index in [1.54, 1.807) is 0 Å². The predicted octanol–water partition coefficient (Wildman–Crippen LogP) is 2.33. The highest BCUT2D eigenvalue weighted by molar-refractivity contribution is 7.17. The molecule has 1 atom stereocenters. The van der Waals surface area contributed by atoms with E-state index in [0.29, 0.717) is 28.8 Å². The van der Waals surface area contributed by atoms with Gasteiger partial charge >= 0.3 is 0 Å². The molecular formula is C15H17N3O2S. The largest absolute Gasteiger partial charge is 0.489 e. The van der Waals surface area contributed by atoms with E-state index in [1.165, 1.54) is 11.3 Å². The maximum absolute atomic E-state index is 12.5. The van der Waals surface area contributed by atoms with Crippen molar-refractivity contribution in [2.75, 3.05) is 18.8 Å². The van der Waals surface area contributed by atoms with E-state index in [-0.39, 0.29) is 12.0 Å². The number of likely N-dealkylation sites (tertiary alicyclic amines) is 1. The first-order valence-corrected chi connectivity index (χ1v) is 7.69. The van der Waals surface area contributed by atoms with Gasteiger partial charge in [-0.2, -0.15) is 0 Å². The molecule has 1 aliphatic rings. The van der Waals surface area contributed by atoms with E-state index >= 15 is 0 Å². The van der Waals surface area contributed by atoms with E-state index in [0.717, 1.165) is 12.2 Å². The maximum atomic E-state index is 12.5. The molecule has 0 bridgehead atoms. The molecule has 2 heterocycles. The summed E-state index contributed by atoms with van der Waals surface area (Å²) in [5.41, 5.74) is 6.36. The van der Waals surface area contributed by atoms with Crippen LogP contribution in [0.1, 0.15) is 21.8 Å². The third-order valence-electron chi connectivity index (χ3n) is 3.49. The highest BCUT2D eigenvalue weighted by Gasteiger charge is 2.30. The van der Waals surface area contributed by atoms with Gasteiger partial charge in [0.1, 0.15) is 16.7 Å². The molecule has 5 nitrogen and oxygen atoms in total. The van der Waals surface area contributed by atoms with Crippen molar-refractivity contribution in [2.45, 2.75) is 19.4 Å². The highest BCUT2D eigenvalue weighted by Crippen LogP contribution is 2.24. The molecule has 6 heteroatoms. The molecule has 2 aromatic rings. The molecule has 1 aliphatic heterocycles. The van der Waals surface area contributed by atoms with Gasteiger partial charge in [-0.25, -0.2) is 4.98 Å². The van der Waals surface area contributed by atoms with Crippen LogP contribution in [-0.2, 0) is 0 Å². The fourth-order valence-electron chi connectivity index (χ4n) is 2.46. The Kier molecular flexibility index (Phi) is 3.79. The van der Waals surface area contributed by atoms with Gasteiger partial charge in [-0.15, -0.1) is 0 Å². The van der Waals surface area contributed by atoms with Gasteiger partial charge in [0.15, 0.2) is 5.13 Å². The smallest absolute Gasteiger partial charge is 0.266 e. The minimum Gasteiger partial charge on any atom is -0.489 e. The van der Waals surface area contributed by atoms with Crippen molar-refractivity contribution in [3.63, 3.8) is 0 Å². The summed E-state index contributed by atoms with van der Waals surface area (Å²) in [6, 6.07) is 9.69. The van der Waals surface area contributed by atoms with Crippen molar-refractivity contribution in [1.82, 2.24) is 9.88 Å². The molecule has 0 radical (unpaired) electrons.